The third kappa shape index (κ3) is 5.55. The van der Waals surface area contributed by atoms with Crippen LogP contribution in [-0.4, -0.2) is 10.2 Å². The highest BCUT2D eigenvalue weighted by Crippen LogP contribution is 2.34. The number of hydrogen-bond acceptors (Lipinski definition) is 5. The summed E-state index contributed by atoms with van der Waals surface area (Å²) in [5.41, 5.74) is 7.05. The van der Waals surface area contributed by atoms with Crippen LogP contribution in [0.5, 0.6) is 0 Å². The topological polar surface area (TPSA) is 64.4 Å². The molecule has 0 unspecified atom stereocenters. The van der Waals surface area contributed by atoms with E-state index >= 15 is 0 Å². The first kappa shape index (κ1) is 18.4. The number of rotatable bonds is 5. The highest BCUT2D eigenvalue weighted by molar-refractivity contribution is 8.13. The summed E-state index contributed by atoms with van der Waals surface area (Å²) in [6.45, 7) is 0.496. The molecule has 1 aliphatic carbocycles. The zero-order chi connectivity index (χ0) is 15.2. The molecule has 2 N–H and O–H groups in total. The maximum Gasteiger partial charge on any atom is 0.154 e. The Kier molecular flexibility index (Phi) is 7.46. The van der Waals surface area contributed by atoms with Crippen LogP contribution < -0.4 is 5.73 Å². The van der Waals surface area contributed by atoms with Crippen LogP contribution in [0.4, 0.5) is 0 Å². The third-order valence-electron chi connectivity index (χ3n) is 3.86. The fourth-order valence-corrected chi connectivity index (χ4v) is 4.37. The average molecular weight is 372 g/mol. The molecule has 7 heteroatoms. The van der Waals surface area contributed by atoms with E-state index in [1.54, 1.807) is 29.4 Å². The van der Waals surface area contributed by atoms with Crippen LogP contribution in [0.2, 0.25) is 0 Å². The van der Waals surface area contributed by atoms with E-state index < -0.39 is 0 Å². The molecule has 0 amide bonds. The van der Waals surface area contributed by atoms with Crippen LogP contribution in [0, 0.1) is 0 Å². The number of amidine groups is 1. The maximum atomic E-state index is 5.93. The molecule has 0 spiro atoms. The van der Waals surface area contributed by atoms with E-state index in [0.717, 1.165) is 17.2 Å². The average Bonchev–Trinajstić information content (AvgIpc) is 3.23. The van der Waals surface area contributed by atoms with Gasteiger partial charge in [-0.3, -0.25) is 4.99 Å². The number of nitrogens with zero attached hydrogens (tertiary/aromatic N) is 2. The van der Waals surface area contributed by atoms with Crippen molar-refractivity contribution in [3.63, 3.8) is 0 Å². The van der Waals surface area contributed by atoms with Crippen molar-refractivity contribution in [1.29, 1.82) is 0 Å². The molecule has 126 valence electrons. The molecule has 2 aromatic heterocycles. The minimum Gasteiger partial charge on any atom is -0.467 e. The van der Waals surface area contributed by atoms with Crippen molar-refractivity contribution >= 4 is 40.7 Å². The Bertz CT molecular complexity index is 607. The van der Waals surface area contributed by atoms with E-state index in [0.29, 0.717) is 17.6 Å². The van der Waals surface area contributed by atoms with Crippen LogP contribution in [0.15, 0.2) is 33.2 Å². The molecule has 0 radical (unpaired) electrons. The van der Waals surface area contributed by atoms with Crippen molar-refractivity contribution in [3.05, 3.63) is 40.2 Å². The Morgan fingerprint density at radius 3 is 2.96 bits per heavy atom. The van der Waals surface area contributed by atoms with Gasteiger partial charge in [-0.25, -0.2) is 4.98 Å². The monoisotopic (exact) mass is 371 g/mol. The highest BCUT2D eigenvalue weighted by Gasteiger charge is 2.18. The standard InChI is InChI=1S/C16H21N3OS2.ClH/c17-16(18-9-14-7-4-8-20-14)22-11-13-10-21-15(19-13)12-5-2-1-3-6-12;/h4,7-8,10,12H,1-3,5-6,9,11H2,(H2,17,18);1H. The van der Waals surface area contributed by atoms with E-state index in [1.807, 2.05) is 12.1 Å². The van der Waals surface area contributed by atoms with Crippen LogP contribution in [0.3, 0.4) is 0 Å². The van der Waals surface area contributed by atoms with Gasteiger partial charge in [-0.15, -0.1) is 23.7 Å². The number of hydrogen-bond donors (Lipinski definition) is 1. The van der Waals surface area contributed by atoms with Gasteiger partial charge < -0.3 is 10.2 Å². The number of aromatic nitrogens is 1. The fourth-order valence-electron chi connectivity index (χ4n) is 2.68. The van der Waals surface area contributed by atoms with Gasteiger partial charge in [0.15, 0.2) is 5.17 Å². The molecule has 0 aliphatic heterocycles. The van der Waals surface area contributed by atoms with E-state index in [2.05, 4.69) is 10.4 Å². The molecule has 2 heterocycles. The molecule has 0 bridgehead atoms. The van der Waals surface area contributed by atoms with E-state index in [-0.39, 0.29) is 12.4 Å². The van der Waals surface area contributed by atoms with Crippen molar-refractivity contribution in [2.24, 2.45) is 10.7 Å². The molecule has 1 aliphatic rings. The Hall–Kier alpha value is -0.980. The summed E-state index contributed by atoms with van der Waals surface area (Å²) in [6.07, 6.45) is 8.32. The fraction of sp³-hybridized carbons (Fsp3) is 0.500. The maximum absolute atomic E-state index is 5.93. The van der Waals surface area contributed by atoms with E-state index in [4.69, 9.17) is 15.1 Å². The molecule has 0 saturated heterocycles. The number of halogens is 1. The molecular weight excluding hydrogens is 350 g/mol. The second-order valence-corrected chi connectivity index (χ2v) is 7.42. The number of thiazole rings is 1. The van der Waals surface area contributed by atoms with Crippen molar-refractivity contribution in [3.8, 4) is 0 Å². The van der Waals surface area contributed by atoms with Gasteiger partial charge in [-0.1, -0.05) is 31.0 Å². The highest BCUT2D eigenvalue weighted by atomic mass is 35.5. The van der Waals surface area contributed by atoms with E-state index in [9.17, 15) is 0 Å². The number of aliphatic imine (C=N–C) groups is 1. The van der Waals surface area contributed by atoms with Crippen LogP contribution in [-0.2, 0) is 12.3 Å². The van der Waals surface area contributed by atoms with Gasteiger partial charge in [0.25, 0.3) is 0 Å². The lowest BCUT2D eigenvalue weighted by Crippen LogP contribution is -2.07. The lowest BCUT2D eigenvalue weighted by Gasteiger charge is -2.18. The van der Waals surface area contributed by atoms with Gasteiger partial charge in [0.05, 0.1) is 23.5 Å². The lowest BCUT2D eigenvalue weighted by atomic mass is 9.90. The Morgan fingerprint density at radius 2 is 2.22 bits per heavy atom. The van der Waals surface area contributed by atoms with Gasteiger partial charge in [-0.2, -0.15) is 0 Å². The predicted molar refractivity (Wildman–Crippen MR) is 101 cm³/mol. The van der Waals surface area contributed by atoms with E-state index in [1.165, 1.54) is 37.1 Å². The van der Waals surface area contributed by atoms with Gasteiger partial charge in [0.1, 0.15) is 5.76 Å². The zero-order valence-electron chi connectivity index (χ0n) is 12.9. The molecule has 3 rings (SSSR count). The second kappa shape index (κ2) is 9.35. The zero-order valence-corrected chi connectivity index (χ0v) is 15.4. The van der Waals surface area contributed by atoms with Gasteiger partial charge in [0.2, 0.25) is 0 Å². The summed E-state index contributed by atoms with van der Waals surface area (Å²) in [5, 5.41) is 4.06. The summed E-state index contributed by atoms with van der Waals surface area (Å²) >= 11 is 3.34. The first-order valence-electron chi connectivity index (χ1n) is 7.70. The molecule has 1 fully saturated rings. The normalized spacial score (nSPS) is 16.3. The largest absolute Gasteiger partial charge is 0.467 e. The van der Waals surface area contributed by atoms with Crippen molar-refractivity contribution in [1.82, 2.24) is 4.98 Å². The summed E-state index contributed by atoms with van der Waals surface area (Å²) < 4.78 is 5.23. The Morgan fingerprint density at radius 1 is 1.39 bits per heavy atom. The lowest BCUT2D eigenvalue weighted by molar-refractivity contribution is 0.442. The SMILES string of the molecule is Cl.NC(=NCc1ccco1)SCc1csc(C2CCCCC2)n1. The quantitative estimate of drug-likeness (QED) is 0.596. The first-order valence-corrected chi connectivity index (χ1v) is 9.57. The smallest absolute Gasteiger partial charge is 0.154 e. The summed E-state index contributed by atoms with van der Waals surface area (Å²) in [6, 6.07) is 3.76. The molecule has 23 heavy (non-hydrogen) atoms. The molecule has 4 nitrogen and oxygen atoms in total. The van der Waals surface area contributed by atoms with Gasteiger partial charge in [0, 0.05) is 17.1 Å². The van der Waals surface area contributed by atoms with Crippen molar-refractivity contribution in [2.45, 2.75) is 50.3 Å². The van der Waals surface area contributed by atoms with Crippen LogP contribution >= 0.6 is 35.5 Å². The minimum atomic E-state index is 0. The van der Waals surface area contributed by atoms with Crippen LogP contribution in [0.25, 0.3) is 0 Å². The van der Waals surface area contributed by atoms with Crippen molar-refractivity contribution < 1.29 is 4.42 Å². The second-order valence-electron chi connectivity index (χ2n) is 5.53. The molecule has 2 aromatic rings. The molecule has 1 saturated carbocycles. The Labute approximate surface area is 151 Å². The van der Waals surface area contributed by atoms with Gasteiger partial charge in [-0.05, 0) is 25.0 Å². The van der Waals surface area contributed by atoms with Crippen molar-refractivity contribution in [2.75, 3.05) is 0 Å². The number of thioether (sulfide) groups is 1. The predicted octanol–water partition coefficient (Wildman–Crippen LogP) is 4.95. The third-order valence-corrected chi connectivity index (χ3v) is 5.78. The molecule has 0 aromatic carbocycles. The molecule has 0 atom stereocenters. The Balaban J connectivity index is 0.00000192. The summed E-state index contributed by atoms with van der Waals surface area (Å²) in [5.74, 6) is 2.30. The summed E-state index contributed by atoms with van der Waals surface area (Å²) in [4.78, 5) is 9.10. The van der Waals surface area contributed by atoms with Gasteiger partial charge >= 0.3 is 0 Å². The summed E-state index contributed by atoms with van der Waals surface area (Å²) in [7, 11) is 0. The number of furan rings is 1. The minimum absolute atomic E-state index is 0. The molecular formula is C16H22ClN3OS2. The number of nitrogens with two attached hydrogens (primary N) is 1. The van der Waals surface area contributed by atoms with Crippen LogP contribution in [0.1, 0.15) is 54.5 Å². The first-order chi connectivity index (χ1) is 10.8.